The van der Waals surface area contributed by atoms with Gasteiger partial charge < -0.3 is 0 Å². The number of rotatable bonds is 1. The van der Waals surface area contributed by atoms with E-state index in [4.69, 9.17) is 11.6 Å². The summed E-state index contributed by atoms with van der Waals surface area (Å²) in [6.07, 6.45) is 3.57. The van der Waals surface area contributed by atoms with Gasteiger partial charge in [-0.3, -0.25) is 0 Å². The normalized spacial score (nSPS) is 13.8. The molecule has 0 atom stereocenters. The fraction of sp³-hybridized carbons (Fsp3) is 0.308. The summed E-state index contributed by atoms with van der Waals surface area (Å²) in [5.41, 5.74) is 4.53. The number of hydrogen-bond acceptors (Lipinski definition) is 3. The Balaban J connectivity index is 2.09. The van der Waals surface area contributed by atoms with Gasteiger partial charge in [-0.2, -0.15) is 0 Å². The monoisotopic (exact) mass is 245 g/mol. The molecule has 1 aliphatic carbocycles. The smallest absolute Gasteiger partial charge is 0.159 e. The fourth-order valence-electron chi connectivity index (χ4n) is 2.28. The van der Waals surface area contributed by atoms with Gasteiger partial charge in [0.05, 0.1) is 0 Å². The van der Waals surface area contributed by atoms with Crippen molar-refractivity contribution < 1.29 is 0 Å². The SMILES string of the molecule is Cc1nnc(-c2ccc3c(c2)CCC3)c(Cl)n1. The first-order valence-corrected chi connectivity index (χ1v) is 6.11. The van der Waals surface area contributed by atoms with Gasteiger partial charge in [-0.25, -0.2) is 4.98 Å². The van der Waals surface area contributed by atoms with Crippen LogP contribution in [0.1, 0.15) is 23.4 Å². The Morgan fingerprint density at radius 2 is 1.94 bits per heavy atom. The molecule has 0 radical (unpaired) electrons. The van der Waals surface area contributed by atoms with Crippen molar-refractivity contribution in [1.29, 1.82) is 0 Å². The number of benzene rings is 1. The van der Waals surface area contributed by atoms with Crippen molar-refractivity contribution in [2.24, 2.45) is 0 Å². The van der Waals surface area contributed by atoms with Crippen molar-refractivity contribution in [2.75, 3.05) is 0 Å². The molecule has 0 spiro atoms. The average molecular weight is 246 g/mol. The molecular weight excluding hydrogens is 234 g/mol. The molecule has 0 fully saturated rings. The summed E-state index contributed by atoms with van der Waals surface area (Å²) in [5.74, 6) is 0.597. The minimum atomic E-state index is 0.426. The van der Waals surface area contributed by atoms with E-state index in [9.17, 15) is 0 Å². The van der Waals surface area contributed by atoms with Crippen molar-refractivity contribution in [1.82, 2.24) is 15.2 Å². The number of fused-ring (bicyclic) bond motifs is 1. The Labute approximate surface area is 105 Å². The Morgan fingerprint density at radius 1 is 1.12 bits per heavy atom. The van der Waals surface area contributed by atoms with E-state index >= 15 is 0 Å². The standard InChI is InChI=1S/C13H12ClN3/c1-8-15-13(14)12(17-16-8)11-6-5-9-3-2-4-10(9)7-11/h5-7H,2-4H2,1H3. The Bertz CT molecular complexity index is 581. The summed E-state index contributed by atoms with van der Waals surface area (Å²) in [5, 5.41) is 8.52. The first kappa shape index (κ1) is 10.7. The lowest BCUT2D eigenvalue weighted by molar-refractivity contribution is 0.910. The van der Waals surface area contributed by atoms with Gasteiger partial charge in [0.15, 0.2) is 5.15 Å². The maximum absolute atomic E-state index is 6.10. The molecule has 2 aromatic rings. The van der Waals surface area contributed by atoms with E-state index < -0.39 is 0 Å². The zero-order valence-corrected chi connectivity index (χ0v) is 10.3. The molecule has 0 bridgehead atoms. The van der Waals surface area contributed by atoms with Crippen LogP contribution in [0.15, 0.2) is 18.2 Å². The highest BCUT2D eigenvalue weighted by atomic mass is 35.5. The zero-order chi connectivity index (χ0) is 11.8. The Kier molecular flexibility index (Phi) is 2.56. The van der Waals surface area contributed by atoms with Gasteiger partial charge in [0, 0.05) is 5.56 Å². The molecule has 0 aliphatic heterocycles. The van der Waals surface area contributed by atoms with Crippen molar-refractivity contribution in [3.8, 4) is 11.3 Å². The Morgan fingerprint density at radius 3 is 2.76 bits per heavy atom. The van der Waals surface area contributed by atoms with Crippen LogP contribution in [-0.2, 0) is 12.8 Å². The highest BCUT2D eigenvalue weighted by Gasteiger charge is 2.14. The molecule has 3 rings (SSSR count). The number of aryl methyl sites for hydroxylation is 3. The third-order valence-electron chi connectivity index (χ3n) is 3.12. The Hall–Kier alpha value is -1.48. The van der Waals surface area contributed by atoms with Gasteiger partial charge in [-0.05, 0) is 43.4 Å². The molecule has 17 heavy (non-hydrogen) atoms. The van der Waals surface area contributed by atoms with Crippen LogP contribution in [0, 0.1) is 6.92 Å². The summed E-state index contributed by atoms with van der Waals surface area (Å²) in [4.78, 5) is 4.14. The summed E-state index contributed by atoms with van der Waals surface area (Å²) < 4.78 is 0. The van der Waals surface area contributed by atoms with Crippen LogP contribution < -0.4 is 0 Å². The van der Waals surface area contributed by atoms with Crippen molar-refractivity contribution in [3.05, 3.63) is 40.3 Å². The molecule has 0 amide bonds. The predicted molar refractivity (Wildman–Crippen MR) is 67.0 cm³/mol. The summed E-state index contributed by atoms with van der Waals surface area (Å²) in [6.45, 7) is 1.78. The first-order chi connectivity index (χ1) is 8.24. The molecule has 1 heterocycles. The van der Waals surface area contributed by atoms with E-state index in [0.717, 1.165) is 12.0 Å². The average Bonchev–Trinajstić information content (AvgIpc) is 2.75. The number of halogens is 1. The molecule has 0 N–H and O–H groups in total. The second-order valence-electron chi connectivity index (χ2n) is 4.34. The molecule has 0 saturated heterocycles. The van der Waals surface area contributed by atoms with Gasteiger partial charge in [-0.15, -0.1) is 10.2 Å². The van der Waals surface area contributed by atoms with Gasteiger partial charge in [0.2, 0.25) is 0 Å². The first-order valence-electron chi connectivity index (χ1n) is 5.73. The van der Waals surface area contributed by atoms with E-state index in [1.807, 2.05) is 0 Å². The molecule has 0 saturated carbocycles. The lowest BCUT2D eigenvalue weighted by Gasteiger charge is -2.05. The molecule has 1 aromatic heterocycles. The van der Waals surface area contributed by atoms with Crippen LogP contribution in [0.2, 0.25) is 5.15 Å². The highest BCUT2D eigenvalue weighted by molar-refractivity contribution is 6.31. The maximum Gasteiger partial charge on any atom is 0.159 e. The second-order valence-corrected chi connectivity index (χ2v) is 4.69. The summed E-state index contributed by atoms with van der Waals surface area (Å²) >= 11 is 6.10. The van der Waals surface area contributed by atoms with E-state index in [0.29, 0.717) is 16.7 Å². The molecule has 3 nitrogen and oxygen atoms in total. The molecular formula is C13H12ClN3. The third kappa shape index (κ3) is 1.91. The van der Waals surface area contributed by atoms with Gasteiger partial charge in [-0.1, -0.05) is 23.7 Å². The van der Waals surface area contributed by atoms with E-state index in [1.54, 1.807) is 6.92 Å². The van der Waals surface area contributed by atoms with Crippen molar-refractivity contribution >= 4 is 11.6 Å². The second kappa shape index (κ2) is 4.08. The van der Waals surface area contributed by atoms with E-state index in [-0.39, 0.29) is 0 Å². The van der Waals surface area contributed by atoms with Crippen LogP contribution in [0.3, 0.4) is 0 Å². The molecule has 1 aliphatic rings. The molecule has 1 aromatic carbocycles. The molecule has 0 unspecified atom stereocenters. The van der Waals surface area contributed by atoms with Crippen molar-refractivity contribution in [3.63, 3.8) is 0 Å². The molecule has 86 valence electrons. The maximum atomic E-state index is 6.10. The minimum absolute atomic E-state index is 0.426. The summed E-state index contributed by atoms with van der Waals surface area (Å²) in [7, 11) is 0. The summed E-state index contributed by atoms with van der Waals surface area (Å²) in [6, 6.07) is 6.38. The number of aromatic nitrogens is 3. The topological polar surface area (TPSA) is 38.7 Å². The predicted octanol–water partition coefficient (Wildman–Crippen LogP) is 2.99. The number of nitrogens with zero attached hydrogens (tertiary/aromatic N) is 3. The fourth-order valence-corrected chi connectivity index (χ4v) is 2.55. The van der Waals surface area contributed by atoms with Gasteiger partial charge >= 0.3 is 0 Å². The van der Waals surface area contributed by atoms with Crippen LogP contribution in [-0.4, -0.2) is 15.2 Å². The van der Waals surface area contributed by atoms with Crippen LogP contribution >= 0.6 is 11.6 Å². The number of hydrogen-bond donors (Lipinski definition) is 0. The van der Waals surface area contributed by atoms with Crippen LogP contribution in [0.25, 0.3) is 11.3 Å². The zero-order valence-electron chi connectivity index (χ0n) is 9.57. The van der Waals surface area contributed by atoms with E-state index in [2.05, 4.69) is 33.4 Å². The van der Waals surface area contributed by atoms with Gasteiger partial charge in [0.25, 0.3) is 0 Å². The van der Waals surface area contributed by atoms with Crippen LogP contribution in [0.4, 0.5) is 0 Å². The van der Waals surface area contributed by atoms with E-state index in [1.165, 1.54) is 24.0 Å². The third-order valence-corrected chi connectivity index (χ3v) is 3.39. The van der Waals surface area contributed by atoms with Crippen molar-refractivity contribution in [2.45, 2.75) is 26.2 Å². The lowest BCUT2D eigenvalue weighted by atomic mass is 10.0. The highest BCUT2D eigenvalue weighted by Crippen LogP contribution is 2.29. The quantitative estimate of drug-likeness (QED) is 0.775. The lowest BCUT2D eigenvalue weighted by Crippen LogP contribution is -1.96. The van der Waals surface area contributed by atoms with Gasteiger partial charge in [0.1, 0.15) is 11.5 Å². The molecule has 4 heteroatoms. The van der Waals surface area contributed by atoms with Crippen LogP contribution in [0.5, 0.6) is 0 Å². The minimum Gasteiger partial charge on any atom is -0.217 e. The largest absolute Gasteiger partial charge is 0.217 e.